The minimum atomic E-state index is -0.435. The standard InChI is InChI=1S/C13H27NO3/c1-7-8-10(14-5)11(16-6)9-12(15)17-13(2,3)4/h10-11,14H,7-9H2,1-6H3/t10-,11+/m0/s1. The van der Waals surface area contributed by atoms with Gasteiger partial charge in [0.2, 0.25) is 0 Å². The van der Waals surface area contributed by atoms with Gasteiger partial charge in [-0.25, -0.2) is 0 Å². The zero-order valence-corrected chi connectivity index (χ0v) is 12.0. The molecule has 0 saturated carbocycles. The number of esters is 1. The normalized spacial score (nSPS) is 15.4. The van der Waals surface area contributed by atoms with Gasteiger partial charge in [0.25, 0.3) is 0 Å². The highest BCUT2D eigenvalue weighted by molar-refractivity contribution is 5.70. The number of hydrogen-bond acceptors (Lipinski definition) is 4. The molecule has 0 rings (SSSR count). The summed E-state index contributed by atoms with van der Waals surface area (Å²) < 4.78 is 10.7. The highest BCUT2D eigenvalue weighted by Gasteiger charge is 2.25. The average molecular weight is 245 g/mol. The lowest BCUT2D eigenvalue weighted by atomic mass is 10.0. The second-order valence-electron chi connectivity index (χ2n) is 5.25. The Labute approximate surface area is 105 Å². The van der Waals surface area contributed by atoms with Crippen LogP contribution >= 0.6 is 0 Å². The Bertz CT molecular complexity index is 223. The van der Waals surface area contributed by atoms with E-state index in [1.54, 1.807) is 7.11 Å². The molecule has 0 aliphatic rings. The van der Waals surface area contributed by atoms with Crippen molar-refractivity contribution in [2.45, 2.75) is 64.7 Å². The van der Waals surface area contributed by atoms with Crippen molar-refractivity contribution in [1.82, 2.24) is 5.32 Å². The molecule has 0 spiro atoms. The smallest absolute Gasteiger partial charge is 0.309 e. The largest absolute Gasteiger partial charge is 0.460 e. The molecule has 0 heterocycles. The van der Waals surface area contributed by atoms with Crippen LogP contribution in [-0.2, 0) is 14.3 Å². The van der Waals surface area contributed by atoms with Crippen molar-refractivity contribution < 1.29 is 14.3 Å². The van der Waals surface area contributed by atoms with Crippen molar-refractivity contribution in [2.24, 2.45) is 0 Å². The molecule has 0 aromatic heterocycles. The zero-order chi connectivity index (χ0) is 13.5. The molecule has 102 valence electrons. The molecule has 0 aliphatic carbocycles. The van der Waals surface area contributed by atoms with Crippen LogP contribution < -0.4 is 5.32 Å². The Morgan fingerprint density at radius 2 is 1.94 bits per heavy atom. The van der Waals surface area contributed by atoms with E-state index in [4.69, 9.17) is 9.47 Å². The van der Waals surface area contributed by atoms with Crippen LogP contribution in [0.1, 0.15) is 47.0 Å². The van der Waals surface area contributed by atoms with Gasteiger partial charge in [0.15, 0.2) is 0 Å². The lowest BCUT2D eigenvalue weighted by Gasteiger charge is -2.26. The molecule has 2 atom stereocenters. The second kappa shape index (κ2) is 7.67. The molecule has 4 nitrogen and oxygen atoms in total. The number of hydrogen-bond donors (Lipinski definition) is 1. The molecule has 0 aliphatic heterocycles. The first-order chi connectivity index (χ1) is 7.84. The quantitative estimate of drug-likeness (QED) is 0.698. The molecule has 0 aromatic rings. The summed E-state index contributed by atoms with van der Waals surface area (Å²) in [4.78, 5) is 11.7. The molecule has 0 bridgehead atoms. The van der Waals surface area contributed by atoms with E-state index in [2.05, 4.69) is 12.2 Å². The summed E-state index contributed by atoms with van der Waals surface area (Å²) in [6.07, 6.45) is 2.20. The Morgan fingerprint density at radius 3 is 2.29 bits per heavy atom. The molecule has 0 radical (unpaired) electrons. The Kier molecular flexibility index (Phi) is 7.39. The van der Waals surface area contributed by atoms with E-state index in [0.717, 1.165) is 12.8 Å². The van der Waals surface area contributed by atoms with Crippen LogP contribution in [0.25, 0.3) is 0 Å². The monoisotopic (exact) mass is 245 g/mol. The van der Waals surface area contributed by atoms with Gasteiger partial charge in [0, 0.05) is 13.2 Å². The third-order valence-electron chi connectivity index (χ3n) is 2.51. The van der Waals surface area contributed by atoms with E-state index in [9.17, 15) is 4.79 Å². The van der Waals surface area contributed by atoms with E-state index < -0.39 is 5.60 Å². The van der Waals surface area contributed by atoms with Crippen molar-refractivity contribution in [1.29, 1.82) is 0 Å². The minimum Gasteiger partial charge on any atom is -0.460 e. The van der Waals surface area contributed by atoms with Crippen molar-refractivity contribution in [3.63, 3.8) is 0 Å². The van der Waals surface area contributed by atoms with E-state index in [-0.39, 0.29) is 18.1 Å². The molecule has 0 saturated heterocycles. The van der Waals surface area contributed by atoms with Crippen LogP contribution in [0.5, 0.6) is 0 Å². The summed E-state index contributed by atoms with van der Waals surface area (Å²) >= 11 is 0. The van der Waals surface area contributed by atoms with Crippen LogP contribution in [0.2, 0.25) is 0 Å². The first-order valence-corrected chi connectivity index (χ1v) is 6.26. The van der Waals surface area contributed by atoms with Crippen LogP contribution in [0.3, 0.4) is 0 Å². The molecule has 4 heteroatoms. The predicted molar refractivity (Wildman–Crippen MR) is 69.0 cm³/mol. The van der Waals surface area contributed by atoms with Crippen LogP contribution in [0.15, 0.2) is 0 Å². The second-order valence-corrected chi connectivity index (χ2v) is 5.25. The number of carbonyl (C=O) groups excluding carboxylic acids is 1. The molecule has 0 fully saturated rings. The fraction of sp³-hybridized carbons (Fsp3) is 0.923. The van der Waals surface area contributed by atoms with Gasteiger partial charge in [-0.05, 0) is 34.2 Å². The van der Waals surface area contributed by atoms with Gasteiger partial charge < -0.3 is 14.8 Å². The summed E-state index contributed by atoms with van der Waals surface area (Å²) in [5.74, 6) is -0.208. The molecule has 0 amide bonds. The number of likely N-dealkylation sites (N-methyl/N-ethyl adjacent to an activating group) is 1. The number of nitrogens with one attached hydrogen (secondary N) is 1. The third kappa shape index (κ3) is 7.34. The summed E-state index contributed by atoms with van der Waals surface area (Å²) in [6.45, 7) is 7.72. The Balaban J connectivity index is 4.33. The number of methoxy groups -OCH3 is 1. The zero-order valence-electron chi connectivity index (χ0n) is 12.0. The van der Waals surface area contributed by atoms with Gasteiger partial charge in [-0.3, -0.25) is 4.79 Å². The van der Waals surface area contributed by atoms with Crippen LogP contribution in [0, 0.1) is 0 Å². The van der Waals surface area contributed by atoms with E-state index >= 15 is 0 Å². The average Bonchev–Trinajstić information content (AvgIpc) is 2.20. The van der Waals surface area contributed by atoms with Crippen LogP contribution in [-0.4, -0.2) is 37.9 Å². The molecule has 17 heavy (non-hydrogen) atoms. The first kappa shape index (κ1) is 16.4. The molecular formula is C13H27NO3. The number of rotatable bonds is 7. The molecule has 1 N–H and O–H groups in total. The maximum atomic E-state index is 11.7. The van der Waals surface area contributed by atoms with Gasteiger partial charge in [0.1, 0.15) is 5.60 Å². The van der Waals surface area contributed by atoms with E-state index in [0.29, 0.717) is 6.42 Å². The fourth-order valence-electron chi connectivity index (χ4n) is 1.76. The predicted octanol–water partition coefficient (Wildman–Crippen LogP) is 2.12. The molecular weight excluding hydrogens is 218 g/mol. The summed E-state index contributed by atoms with van der Waals surface area (Å²) in [7, 11) is 3.52. The molecule has 0 aromatic carbocycles. The first-order valence-electron chi connectivity index (χ1n) is 6.26. The summed E-state index contributed by atoms with van der Waals surface area (Å²) in [5, 5.41) is 3.19. The molecule has 0 unspecified atom stereocenters. The fourth-order valence-corrected chi connectivity index (χ4v) is 1.76. The van der Waals surface area contributed by atoms with Gasteiger partial charge in [0.05, 0.1) is 12.5 Å². The third-order valence-corrected chi connectivity index (χ3v) is 2.51. The SMILES string of the molecule is CCC[C@H](NC)[C@@H](CC(=O)OC(C)(C)C)OC. The van der Waals surface area contributed by atoms with E-state index in [1.165, 1.54) is 0 Å². The lowest BCUT2D eigenvalue weighted by Crippen LogP contribution is -2.41. The van der Waals surface area contributed by atoms with Crippen LogP contribution in [0.4, 0.5) is 0 Å². The number of carbonyl (C=O) groups is 1. The van der Waals surface area contributed by atoms with Gasteiger partial charge in [-0.15, -0.1) is 0 Å². The van der Waals surface area contributed by atoms with Gasteiger partial charge in [-0.1, -0.05) is 13.3 Å². The highest BCUT2D eigenvalue weighted by atomic mass is 16.6. The number of ether oxygens (including phenoxy) is 2. The van der Waals surface area contributed by atoms with Crippen molar-refractivity contribution in [2.75, 3.05) is 14.2 Å². The maximum Gasteiger partial charge on any atom is 0.309 e. The Morgan fingerprint density at radius 1 is 1.35 bits per heavy atom. The minimum absolute atomic E-state index is 0.130. The maximum absolute atomic E-state index is 11.7. The van der Waals surface area contributed by atoms with Gasteiger partial charge in [-0.2, -0.15) is 0 Å². The van der Waals surface area contributed by atoms with Crippen molar-refractivity contribution in [3.8, 4) is 0 Å². The topological polar surface area (TPSA) is 47.6 Å². The van der Waals surface area contributed by atoms with Crippen molar-refractivity contribution >= 4 is 5.97 Å². The van der Waals surface area contributed by atoms with Crippen molar-refractivity contribution in [3.05, 3.63) is 0 Å². The summed E-state index contributed by atoms with van der Waals surface area (Å²) in [6, 6.07) is 0.192. The van der Waals surface area contributed by atoms with Gasteiger partial charge >= 0.3 is 5.97 Å². The van der Waals surface area contributed by atoms with E-state index in [1.807, 2.05) is 27.8 Å². The highest BCUT2D eigenvalue weighted by Crippen LogP contribution is 2.14. The summed E-state index contributed by atoms with van der Waals surface area (Å²) in [5.41, 5.74) is -0.435. The lowest BCUT2D eigenvalue weighted by molar-refractivity contribution is -0.158. The Hall–Kier alpha value is -0.610.